The van der Waals surface area contributed by atoms with Crippen LogP contribution in [0.25, 0.3) is 0 Å². The van der Waals surface area contributed by atoms with E-state index in [-0.39, 0.29) is 11.7 Å². The summed E-state index contributed by atoms with van der Waals surface area (Å²) < 4.78 is 0. The molecule has 102 valence electrons. The molecule has 21 heavy (non-hydrogen) atoms. The molecule has 1 aromatic carbocycles. The Morgan fingerprint density at radius 2 is 2.24 bits per heavy atom. The summed E-state index contributed by atoms with van der Waals surface area (Å²) in [7, 11) is 0. The Morgan fingerprint density at radius 1 is 1.43 bits per heavy atom. The Hall–Kier alpha value is -3.27. The molecular formula is C14H10N6O. The molecule has 0 saturated heterocycles. The van der Waals surface area contributed by atoms with Gasteiger partial charge in [-0.3, -0.25) is 4.79 Å². The number of nitrogens with two attached hydrogens (primary N) is 1. The van der Waals surface area contributed by atoms with Crippen molar-refractivity contribution in [1.29, 1.82) is 10.7 Å². The monoisotopic (exact) mass is 278 g/mol. The molecule has 1 unspecified atom stereocenters. The average Bonchev–Trinajstić information content (AvgIpc) is 2.81. The Balaban J connectivity index is 2.22. The zero-order chi connectivity index (χ0) is 15.0. The standard InChI is InChI=1S/C14H10N6O/c15-4-7-1-2-10-8(3-7)11(14(21)20-10)12-9(5-16)13(17)19-6-18-12/h1-3,5-6,11,16H,(H,20,21)(H2,17,18,19). The first-order chi connectivity index (χ1) is 10.2. The Labute approximate surface area is 120 Å². The van der Waals surface area contributed by atoms with Crippen molar-refractivity contribution in [3.05, 3.63) is 46.9 Å². The summed E-state index contributed by atoms with van der Waals surface area (Å²) in [6.07, 6.45) is 2.29. The maximum absolute atomic E-state index is 12.2. The molecule has 0 spiro atoms. The first kappa shape index (κ1) is 12.7. The van der Waals surface area contributed by atoms with Crippen LogP contribution in [0.2, 0.25) is 0 Å². The molecule has 1 aromatic heterocycles. The molecule has 4 N–H and O–H groups in total. The number of hydrogen-bond acceptors (Lipinski definition) is 6. The van der Waals surface area contributed by atoms with E-state index in [1.54, 1.807) is 18.2 Å². The number of aromatic nitrogens is 2. The molecule has 1 atom stereocenters. The van der Waals surface area contributed by atoms with Crippen molar-refractivity contribution in [2.24, 2.45) is 0 Å². The number of amides is 1. The molecule has 0 bridgehead atoms. The number of hydrogen-bond donors (Lipinski definition) is 3. The molecule has 2 aromatic rings. The van der Waals surface area contributed by atoms with Crippen molar-refractivity contribution >= 4 is 23.6 Å². The van der Waals surface area contributed by atoms with Crippen LogP contribution in [0.15, 0.2) is 24.5 Å². The minimum absolute atomic E-state index is 0.146. The van der Waals surface area contributed by atoms with Crippen molar-refractivity contribution in [3.63, 3.8) is 0 Å². The van der Waals surface area contributed by atoms with E-state index in [4.69, 9.17) is 16.4 Å². The number of carbonyl (C=O) groups excluding carboxylic acids is 1. The average molecular weight is 278 g/mol. The molecule has 1 aliphatic heterocycles. The molecule has 7 nitrogen and oxygen atoms in total. The van der Waals surface area contributed by atoms with E-state index < -0.39 is 5.92 Å². The maximum atomic E-state index is 12.2. The number of nitrogens with zero attached hydrogens (tertiary/aromatic N) is 3. The molecule has 2 heterocycles. The van der Waals surface area contributed by atoms with Crippen LogP contribution in [0, 0.1) is 16.7 Å². The number of anilines is 2. The fourth-order valence-corrected chi connectivity index (χ4v) is 2.40. The zero-order valence-electron chi connectivity index (χ0n) is 10.8. The van der Waals surface area contributed by atoms with Crippen LogP contribution in [0.1, 0.15) is 28.3 Å². The van der Waals surface area contributed by atoms with Gasteiger partial charge < -0.3 is 16.5 Å². The van der Waals surface area contributed by atoms with Crippen molar-refractivity contribution in [1.82, 2.24) is 9.97 Å². The van der Waals surface area contributed by atoms with E-state index in [9.17, 15) is 4.79 Å². The Kier molecular flexibility index (Phi) is 2.84. The summed E-state index contributed by atoms with van der Waals surface area (Å²) in [5.74, 6) is -0.816. The number of nitrogens with one attached hydrogen (secondary N) is 2. The molecule has 0 fully saturated rings. The summed E-state index contributed by atoms with van der Waals surface area (Å²) in [5.41, 5.74) is 8.15. The largest absolute Gasteiger partial charge is 0.383 e. The zero-order valence-corrected chi connectivity index (χ0v) is 10.8. The Bertz CT molecular complexity index is 808. The van der Waals surface area contributed by atoms with E-state index >= 15 is 0 Å². The fourth-order valence-electron chi connectivity index (χ4n) is 2.40. The first-order valence-electron chi connectivity index (χ1n) is 6.11. The SMILES string of the molecule is N#Cc1ccc2c(c1)C(c1ncnc(N)c1C=N)C(=O)N2. The minimum Gasteiger partial charge on any atom is -0.383 e. The van der Waals surface area contributed by atoms with Crippen molar-refractivity contribution < 1.29 is 4.79 Å². The number of fused-ring (bicyclic) bond motifs is 1. The summed E-state index contributed by atoms with van der Waals surface area (Å²) in [4.78, 5) is 20.2. The van der Waals surface area contributed by atoms with Gasteiger partial charge in [-0.2, -0.15) is 5.26 Å². The van der Waals surface area contributed by atoms with Gasteiger partial charge in [0.1, 0.15) is 18.1 Å². The molecule has 0 radical (unpaired) electrons. The summed E-state index contributed by atoms with van der Waals surface area (Å²) in [6.45, 7) is 0. The van der Waals surface area contributed by atoms with Gasteiger partial charge in [0.15, 0.2) is 0 Å². The normalized spacial score (nSPS) is 16.0. The van der Waals surface area contributed by atoms with Crippen molar-refractivity contribution in [2.45, 2.75) is 5.92 Å². The van der Waals surface area contributed by atoms with Crippen LogP contribution in [0.5, 0.6) is 0 Å². The van der Waals surface area contributed by atoms with Gasteiger partial charge >= 0.3 is 0 Å². The smallest absolute Gasteiger partial charge is 0.238 e. The fraction of sp³-hybridized carbons (Fsp3) is 0.0714. The van der Waals surface area contributed by atoms with E-state index in [0.29, 0.717) is 28.1 Å². The third-order valence-corrected chi connectivity index (χ3v) is 3.38. The number of rotatable bonds is 2. The Morgan fingerprint density at radius 3 is 2.95 bits per heavy atom. The number of nitrogen functional groups attached to an aromatic ring is 1. The third-order valence-electron chi connectivity index (χ3n) is 3.38. The van der Waals surface area contributed by atoms with Gasteiger partial charge in [0.05, 0.1) is 22.9 Å². The van der Waals surface area contributed by atoms with Gasteiger partial charge in [0.25, 0.3) is 0 Å². The highest BCUT2D eigenvalue weighted by atomic mass is 16.2. The second-order valence-electron chi connectivity index (χ2n) is 4.54. The van der Waals surface area contributed by atoms with E-state index in [2.05, 4.69) is 15.3 Å². The quantitative estimate of drug-likeness (QED) is 0.706. The second kappa shape index (κ2) is 4.68. The lowest BCUT2D eigenvalue weighted by Gasteiger charge is -2.12. The molecule has 0 saturated carbocycles. The highest BCUT2D eigenvalue weighted by molar-refractivity contribution is 6.06. The van der Waals surface area contributed by atoms with Crippen molar-refractivity contribution in [2.75, 3.05) is 11.1 Å². The van der Waals surface area contributed by atoms with Gasteiger partial charge in [-0.1, -0.05) is 0 Å². The topological polar surface area (TPSA) is 129 Å². The van der Waals surface area contributed by atoms with Crippen LogP contribution in [0.4, 0.5) is 11.5 Å². The van der Waals surface area contributed by atoms with E-state index in [0.717, 1.165) is 6.21 Å². The van der Waals surface area contributed by atoms with Crippen LogP contribution < -0.4 is 11.1 Å². The van der Waals surface area contributed by atoms with Gasteiger partial charge in [-0.05, 0) is 23.8 Å². The van der Waals surface area contributed by atoms with Gasteiger partial charge in [-0.25, -0.2) is 9.97 Å². The van der Waals surface area contributed by atoms with Crippen LogP contribution >= 0.6 is 0 Å². The second-order valence-corrected chi connectivity index (χ2v) is 4.54. The van der Waals surface area contributed by atoms with E-state index in [1.807, 2.05) is 6.07 Å². The lowest BCUT2D eigenvalue weighted by atomic mass is 9.93. The lowest BCUT2D eigenvalue weighted by molar-refractivity contribution is -0.116. The van der Waals surface area contributed by atoms with Gasteiger partial charge in [0.2, 0.25) is 5.91 Å². The summed E-state index contributed by atoms with van der Waals surface area (Å²) in [5, 5.41) is 19.2. The van der Waals surface area contributed by atoms with Crippen molar-refractivity contribution in [3.8, 4) is 6.07 Å². The molecule has 3 rings (SSSR count). The number of carbonyl (C=O) groups is 1. The molecule has 1 amide bonds. The van der Waals surface area contributed by atoms with E-state index in [1.165, 1.54) is 6.33 Å². The number of nitriles is 1. The predicted octanol–water partition coefficient (Wildman–Crippen LogP) is 1.01. The molecule has 7 heteroatoms. The minimum atomic E-state index is -0.699. The lowest BCUT2D eigenvalue weighted by Crippen LogP contribution is -2.17. The predicted molar refractivity (Wildman–Crippen MR) is 76.0 cm³/mol. The summed E-state index contributed by atoms with van der Waals surface area (Å²) in [6, 6.07) is 7.00. The maximum Gasteiger partial charge on any atom is 0.238 e. The van der Waals surface area contributed by atoms with Gasteiger partial charge in [0, 0.05) is 11.9 Å². The third kappa shape index (κ3) is 1.90. The summed E-state index contributed by atoms with van der Waals surface area (Å²) >= 11 is 0. The van der Waals surface area contributed by atoms with Gasteiger partial charge in [-0.15, -0.1) is 0 Å². The highest BCUT2D eigenvalue weighted by Gasteiger charge is 2.35. The molecule has 0 aliphatic carbocycles. The highest BCUT2D eigenvalue weighted by Crippen LogP contribution is 2.38. The molecular weight excluding hydrogens is 268 g/mol. The number of benzene rings is 1. The van der Waals surface area contributed by atoms with Crippen LogP contribution in [0.3, 0.4) is 0 Å². The van der Waals surface area contributed by atoms with Crippen LogP contribution in [-0.4, -0.2) is 22.1 Å². The van der Waals surface area contributed by atoms with Crippen LogP contribution in [-0.2, 0) is 4.79 Å². The molecule has 1 aliphatic rings. The first-order valence-corrected chi connectivity index (χ1v) is 6.11.